The van der Waals surface area contributed by atoms with Gasteiger partial charge >= 0.3 is 0 Å². The average molecular weight is 405 g/mol. The Morgan fingerprint density at radius 2 is 2.00 bits per heavy atom. The lowest BCUT2D eigenvalue weighted by molar-refractivity contribution is 0.0946. The van der Waals surface area contributed by atoms with Crippen molar-refractivity contribution in [2.75, 3.05) is 14.1 Å². The molecule has 9 heteroatoms. The lowest BCUT2D eigenvalue weighted by atomic mass is 10.1. The standard InChI is InChI=1S/C19H18ClFN4O3/c1-25(2)10-17-23-18(24-28-17)14-7-15(21)13(8-16(14)26)19(27)22-9-11-3-5-12(20)6-4-11/h3-8,26H,9-10H2,1-2H3,(H,22,27). The van der Waals surface area contributed by atoms with Gasteiger partial charge in [0.2, 0.25) is 11.7 Å². The molecule has 2 aromatic carbocycles. The first kappa shape index (κ1) is 19.8. The van der Waals surface area contributed by atoms with Crippen LogP contribution in [0, 0.1) is 5.82 Å². The van der Waals surface area contributed by atoms with E-state index >= 15 is 0 Å². The van der Waals surface area contributed by atoms with Crippen LogP contribution in [0.25, 0.3) is 11.4 Å². The van der Waals surface area contributed by atoms with Gasteiger partial charge in [-0.15, -0.1) is 0 Å². The zero-order valence-electron chi connectivity index (χ0n) is 15.2. The monoisotopic (exact) mass is 404 g/mol. The Morgan fingerprint density at radius 1 is 1.29 bits per heavy atom. The maximum absolute atomic E-state index is 14.5. The first-order valence-electron chi connectivity index (χ1n) is 8.36. The third kappa shape index (κ3) is 4.65. The molecule has 3 aromatic rings. The second kappa shape index (κ2) is 8.37. The van der Waals surface area contributed by atoms with Gasteiger partial charge in [-0.05, 0) is 43.9 Å². The van der Waals surface area contributed by atoms with Crippen LogP contribution in [-0.4, -0.2) is 40.1 Å². The summed E-state index contributed by atoms with van der Waals surface area (Å²) in [5.74, 6) is -1.42. The number of hydrogen-bond acceptors (Lipinski definition) is 6. The van der Waals surface area contributed by atoms with E-state index in [-0.39, 0.29) is 29.2 Å². The van der Waals surface area contributed by atoms with Crippen LogP contribution in [-0.2, 0) is 13.1 Å². The summed E-state index contributed by atoms with van der Waals surface area (Å²) in [7, 11) is 3.66. The van der Waals surface area contributed by atoms with Crippen molar-refractivity contribution < 1.29 is 18.8 Å². The number of nitrogens with one attached hydrogen (secondary N) is 1. The minimum atomic E-state index is -0.805. The largest absolute Gasteiger partial charge is 0.507 e. The number of halogens is 2. The number of carbonyl (C=O) groups excluding carboxylic acids is 1. The summed E-state index contributed by atoms with van der Waals surface area (Å²) in [6.45, 7) is 0.595. The third-order valence-electron chi connectivity index (χ3n) is 3.86. The Hall–Kier alpha value is -2.97. The molecule has 2 N–H and O–H groups in total. The number of aromatic hydroxyl groups is 1. The van der Waals surface area contributed by atoms with Gasteiger partial charge in [-0.3, -0.25) is 4.79 Å². The molecule has 0 unspecified atom stereocenters. The van der Waals surface area contributed by atoms with Crippen molar-refractivity contribution in [2.45, 2.75) is 13.1 Å². The Balaban J connectivity index is 1.76. The van der Waals surface area contributed by atoms with Crippen LogP contribution < -0.4 is 5.32 Å². The van der Waals surface area contributed by atoms with Gasteiger partial charge in [-0.1, -0.05) is 28.9 Å². The van der Waals surface area contributed by atoms with Gasteiger partial charge < -0.3 is 19.8 Å². The SMILES string of the molecule is CN(C)Cc1nc(-c2cc(F)c(C(=O)NCc3ccc(Cl)cc3)cc2O)no1. The molecule has 1 aromatic heterocycles. The Bertz CT molecular complexity index is 989. The number of phenolic OH excluding ortho intramolecular Hbond substituents is 1. The molecular weight excluding hydrogens is 387 g/mol. The van der Waals surface area contributed by atoms with Crippen molar-refractivity contribution in [3.05, 3.63) is 64.3 Å². The van der Waals surface area contributed by atoms with Crippen molar-refractivity contribution >= 4 is 17.5 Å². The van der Waals surface area contributed by atoms with Crippen molar-refractivity contribution in [2.24, 2.45) is 0 Å². The average Bonchev–Trinajstić information content (AvgIpc) is 3.10. The maximum atomic E-state index is 14.5. The molecule has 0 spiro atoms. The fourth-order valence-corrected chi connectivity index (χ4v) is 2.62. The van der Waals surface area contributed by atoms with Crippen LogP contribution >= 0.6 is 11.6 Å². The van der Waals surface area contributed by atoms with Crippen LogP contribution in [0.1, 0.15) is 21.8 Å². The molecule has 146 valence electrons. The number of carbonyl (C=O) groups is 1. The Labute approximate surface area is 165 Å². The van der Waals surface area contributed by atoms with E-state index < -0.39 is 11.7 Å². The zero-order valence-corrected chi connectivity index (χ0v) is 16.0. The van der Waals surface area contributed by atoms with Gasteiger partial charge in [0, 0.05) is 11.6 Å². The number of rotatable bonds is 6. The molecule has 3 rings (SSSR count). The fraction of sp³-hybridized carbons (Fsp3) is 0.211. The van der Waals surface area contributed by atoms with E-state index in [0.717, 1.165) is 17.7 Å². The molecule has 0 aliphatic rings. The lowest BCUT2D eigenvalue weighted by Crippen LogP contribution is -2.23. The summed E-state index contributed by atoms with van der Waals surface area (Å²) >= 11 is 5.82. The topological polar surface area (TPSA) is 91.5 Å². The molecule has 0 saturated heterocycles. The summed E-state index contributed by atoms with van der Waals surface area (Å²) in [6.07, 6.45) is 0. The number of aromatic nitrogens is 2. The molecule has 0 radical (unpaired) electrons. The summed E-state index contributed by atoms with van der Waals surface area (Å²) in [4.78, 5) is 18.2. The van der Waals surface area contributed by atoms with E-state index in [1.807, 2.05) is 19.0 Å². The normalized spacial score (nSPS) is 11.0. The molecular formula is C19H18ClFN4O3. The second-order valence-corrected chi connectivity index (χ2v) is 6.84. The van der Waals surface area contributed by atoms with Gasteiger partial charge in [0.15, 0.2) is 0 Å². The van der Waals surface area contributed by atoms with E-state index in [1.165, 1.54) is 0 Å². The van der Waals surface area contributed by atoms with Gasteiger partial charge in [-0.25, -0.2) is 4.39 Å². The summed E-state index contributed by atoms with van der Waals surface area (Å²) in [5, 5.41) is 17.2. The van der Waals surface area contributed by atoms with Crippen LogP contribution in [0.2, 0.25) is 5.02 Å². The smallest absolute Gasteiger partial charge is 0.254 e. The van der Waals surface area contributed by atoms with Gasteiger partial charge in [-0.2, -0.15) is 4.98 Å². The van der Waals surface area contributed by atoms with E-state index in [4.69, 9.17) is 16.1 Å². The van der Waals surface area contributed by atoms with Crippen LogP contribution in [0.15, 0.2) is 40.9 Å². The summed E-state index contributed by atoms with van der Waals surface area (Å²) < 4.78 is 19.6. The molecule has 7 nitrogen and oxygen atoms in total. The molecule has 0 atom stereocenters. The third-order valence-corrected chi connectivity index (χ3v) is 4.11. The Kier molecular flexibility index (Phi) is 5.91. The highest BCUT2D eigenvalue weighted by atomic mass is 35.5. The predicted octanol–water partition coefficient (Wildman–Crippen LogP) is 3.23. The van der Waals surface area contributed by atoms with Crippen molar-refractivity contribution in [1.29, 1.82) is 0 Å². The first-order chi connectivity index (χ1) is 13.3. The van der Waals surface area contributed by atoms with E-state index in [2.05, 4.69) is 15.5 Å². The number of benzene rings is 2. The predicted molar refractivity (Wildman–Crippen MR) is 101 cm³/mol. The number of nitrogens with zero attached hydrogens (tertiary/aromatic N) is 3. The first-order valence-corrected chi connectivity index (χ1v) is 8.74. The van der Waals surface area contributed by atoms with Crippen LogP contribution in [0.4, 0.5) is 4.39 Å². The molecule has 0 fully saturated rings. The van der Waals surface area contributed by atoms with E-state index in [0.29, 0.717) is 17.5 Å². The Morgan fingerprint density at radius 3 is 2.68 bits per heavy atom. The quantitative estimate of drug-likeness (QED) is 0.655. The number of phenols is 1. The van der Waals surface area contributed by atoms with Crippen molar-refractivity contribution in [1.82, 2.24) is 20.4 Å². The molecule has 1 amide bonds. The molecule has 0 aliphatic heterocycles. The van der Waals surface area contributed by atoms with Crippen molar-refractivity contribution in [3.8, 4) is 17.1 Å². The van der Waals surface area contributed by atoms with Gasteiger partial charge in [0.25, 0.3) is 5.91 Å². The maximum Gasteiger partial charge on any atom is 0.254 e. The van der Waals surface area contributed by atoms with E-state index in [1.54, 1.807) is 24.3 Å². The minimum absolute atomic E-state index is 0.0421. The molecule has 28 heavy (non-hydrogen) atoms. The highest BCUT2D eigenvalue weighted by Crippen LogP contribution is 2.30. The highest BCUT2D eigenvalue weighted by molar-refractivity contribution is 6.30. The summed E-state index contributed by atoms with van der Waals surface area (Å²) in [5.41, 5.74) is 0.562. The minimum Gasteiger partial charge on any atom is -0.507 e. The lowest BCUT2D eigenvalue weighted by Gasteiger charge is -2.08. The zero-order chi connectivity index (χ0) is 20.3. The molecule has 0 aliphatic carbocycles. The summed E-state index contributed by atoms with van der Waals surface area (Å²) in [6, 6.07) is 8.95. The second-order valence-electron chi connectivity index (χ2n) is 6.41. The van der Waals surface area contributed by atoms with Crippen LogP contribution in [0.3, 0.4) is 0 Å². The molecule has 1 heterocycles. The molecule has 0 bridgehead atoms. The molecule has 0 saturated carbocycles. The highest BCUT2D eigenvalue weighted by Gasteiger charge is 2.19. The van der Waals surface area contributed by atoms with Gasteiger partial charge in [0.1, 0.15) is 11.6 Å². The van der Waals surface area contributed by atoms with Crippen LogP contribution in [0.5, 0.6) is 5.75 Å². The van der Waals surface area contributed by atoms with Gasteiger partial charge in [0.05, 0.1) is 17.7 Å². The number of amides is 1. The fourth-order valence-electron chi connectivity index (χ4n) is 2.49. The number of hydrogen-bond donors (Lipinski definition) is 2. The van der Waals surface area contributed by atoms with Crippen molar-refractivity contribution in [3.63, 3.8) is 0 Å². The van der Waals surface area contributed by atoms with E-state index in [9.17, 15) is 14.3 Å².